The van der Waals surface area contributed by atoms with Crippen LogP contribution in [-0.2, 0) is 0 Å². The van der Waals surface area contributed by atoms with Crippen molar-refractivity contribution < 1.29 is 9.21 Å². The summed E-state index contributed by atoms with van der Waals surface area (Å²) in [5, 5.41) is 7.44. The van der Waals surface area contributed by atoms with Crippen LogP contribution in [0.15, 0.2) is 52.9 Å². The molecule has 4 aromatic rings. The first-order valence-corrected chi connectivity index (χ1v) is 10.4. The van der Waals surface area contributed by atoms with Gasteiger partial charge in [0, 0.05) is 15.6 Å². The van der Waals surface area contributed by atoms with Crippen LogP contribution in [0.4, 0.5) is 5.13 Å². The summed E-state index contributed by atoms with van der Waals surface area (Å²) in [5.74, 6) is 0.215. The Bertz CT molecular complexity index is 1250. The number of carbonyl (C=O) groups excluding carboxylic acids is 1. The zero-order valence-corrected chi connectivity index (χ0v) is 18.1. The molecule has 0 saturated heterocycles. The highest BCUT2D eigenvalue weighted by atomic mass is 35.5. The number of amides is 1. The number of hydrogen-bond donors (Lipinski definition) is 2. The number of halogens is 2. The van der Waals surface area contributed by atoms with Gasteiger partial charge < -0.3 is 9.73 Å². The Morgan fingerprint density at radius 2 is 1.97 bits per heavy atom. The zero-order chi connectivity index (χ0) is 20.5. The molecule has 2 heterocycles. The third-order valence-electron chi connectivity index (χ3n) is 4.08. The fraction of sp³-hybridized carbons (Fsp3) is 0.0500. The number of rotatable bonds is 3. The van der Waals surface area contributed by atoms with E-state index < -0.39 is 5.91 Å². The topological polar surface area (TPSA) is 67.2 Å². The third kappa shape index (κ3) is 4.43. The van der Waals surface area contributed by atoms with Crippen LogP contribution in [-0.4, -0.2) is 16.0 Å². The summed E-state index contributed by atoms with van der Waals surface area (Å²) in [6.07, 6.45) is 0. The van der Waals surface area contributed by atoms with Gasteiger partial charge in [0.05, 0.1) is 10.2 Å². The van der Waals surface area contributed by atoms with E-state index in [1.807, 2.05) is 31.2 Å². The first-order valence-electron chi connectivity index (χ1n) is 8.44. The predicted molar refractivity (Wildman–Crippen MR) is 122 cm³/mol. The SMILES string of the molecule is Cc1ccc(-c2ccc(C(=O)NC(=S)Nc3nc4ccc(Cl)cc4s3)o2)cc1Cl. The molecular weight excluding hydrogens is 449 g/mol. The second-order valence-electron chi connectivity index (χ2n) is 6.17. The van der Waals surface area contributed by atoms with Crippen molar-refractivity contribution in [2.45, 2.75) is 6.92 Å². The van der Waals surface area contributed by atoms with E-state index in [1.54, 1.807) is 24.3 Å². The van der Waals surface area contributed by atoms with Gasteiger partial charge in [-0.25, -0.2) is 4.98 Å². The van der Waals surface area contributed by atoms with Crippen molar-refractivity contribution in [1.29, 1.82) is 0 Å². The van der Waals surface area contributed by atoms with Gasteiger partial charge in [-0.05, 0) is 61.1 Å². The first kappa shape index (κ1) is 19.8. The number of benzene rings is 2. The van der Waals surface area contributed by atoms with Crippen molar-refractivity contribution in [3.63, 3.8) is 0 Å². The number of carbonyl (C=O) groups is 1. The highest BCUT2D eigenvalue weighted by Gasteiger charge is 2.15. The smallest absolute Gasteiger partial charge is 0.293 e. The average molecular weight is 462 g/mol. The molecule has 29 heavy (non-hydrogen) atoms. The maximum atomic E-state index is 12.4. The maximum Gasteiger partial charge on any atom is 0.293 e. The molecule has 0 saturated carbocycles. The summed E-state index contributed by atoms with van der Waals surface area (Å²) in [7, 11) is 0. The van der Waals surface area contributed by atoms with Gasteiger partial charge in [-0.3, -0.25) is 10.1 Å². The first-order chi connectivity index (χ1) is 13.9. The van der Waals surface area contributed by atoms with E-state index in [-0.39, 0.29) is 10.9 Å². The van der Waals surface area contributed by atoms with Crippen molar-refractivity contribution in [2.75, 3.05) is 5.32 Å². The fourth-order valence-corrected chi connectivity index (χ4v) is 4.19. The number of fused-ring (bicyclic) bond motifs is 1. The van der Waals surface area contributed by atoms with E-state index >= 15 is 0 Å². The van der Waals surface area contributed by atoms with Crippen LogP contribution in [0.1, 0.15) is 16.1 Å². The van der Waals surface area contributed by atoms with Crippen LogP contribution in [0.25, 0.3) is 21.5 Å². The Morgan fingerprint density at radius 3 is 2.76 bits per heavy atom. The van der Waals surface area contributed by atoms with Crippen LogP contribution >= 0.6 is 46.8 Å². The molecule has 2 aromatic carbocycles. The van der Waals surface area contributed by atoms with Crippen molar-refractivity contribution in [2.24, 2.45) is 0 Å². The number of thiazole rings is 1. The van der Waals surface area contributed by atoms with Crippen LogP contribution < -0.4 is 10.6 Å². The van der Waals surface area contributed by atoms with Gasteiger partial charge in [-0.2, -0.15) is 0 Å². The standard InChI is InChI=1S/C20H13Cl2N3O2S2/c1-10-2-3-11(8-13(10)22)15-6-7-16(27-15)18(26)24-19(28)25-20-23-14-5-4-12(21)9-17(14)29-20/h2-9H,1H3,(H2,23,24,25,26,28). The van der Waals surface area contributed by atoms with Gasteiger partial charge >= 0.3 is 0 Å². The number of nitrogens with zero attached hydrogens (tertiary/aromatic N) is 1. The molecule has 0 unspecified atom stereocenters. The highest BCUT2D eigenvalue weighted by Crippen LogP contribution is 2.29. The van der Waals surface area contributed by atoms with Gasteiger partial charge in [0.2, 0.25) is 0 Å². The van der Waals surface area contributed by atoms with E-state index in [4.69, 9.17) is 39.8 Å². The van der Waals surface area contributed by atoms with Gasteiger partial charge in [0.15, 0.2) is 16.0 Å². The Labute approximate surface area is 185 Å². The van der Waals surface area contributed by atoms with Gasteiger partial charge in [-0.15, -0.1) is 0 Å². The molecule has 2 aromatic heterocycles. The van der Waals surface area contributed by atoms with Crippen LogP contribution in [0, 0.1) is 6.92 Å². The Balaban J connectivity index is 1.44. The number of nitrogens with one attached hydrogen (secondary N) is 2. The summed E-state index contributed by atoms with van der Waals surface area (Å²) in [6, 6.07) is 14.3. The zero-order valence-electron chi connectivity index (χ0n) is 15.0. The Morgan fingerprint density at radius 1 is 1.14 bits per heavy atom. The third-order valence-corrected chi connectivity index (χ3v) is 5.86. The van der Waals surface area contributed by atoms with Gasteiger partial charge in [-0.1, -0.05) is 46.7 Å². The largest absolute Gasteiger partial charge is 0.451 e. The summed E-state index contributed by atoms with van der Waals surface area (Å²) in [4.78, 5) is 16.8. The quantitative estimate of drug-likeness (QED) is 0.350. The fourth-order valence-electron chi connectivity index (χ4n) is 2.61. The summed E-state index contributed by atoms with van der Waals surface area (Å²) >= 11 is 18.7. The normalized spacial score (nSPS) is 10.9. The molecule has 0 fully saturated rings. The van der Waals surface area contributed by atoms with Gasteiger partial charge in [0.1, 0.15) is 5.76 Å². The van der Waals surface area contributed by atoms with Crippen LogP contribution in [0.3, 0.4) is 0 Å². The predicted octanol–water partition coefficient (Wildman–Crippen LogP) is 6.30. The second-order valence-corrected chi connectivity index (χ2v) is 8.45. The number of hydrogen-bond acceptors (Lipinski definition) is 5. The molecule has 0 bridgehead atoms. The molecule has 4 rings (SSSR count). The molecule has 5 nitrogen and oxygen atoms in total. The molecular formula is C20H13Cl2N3O2S2. The van der Waals surface area contributed by atoms with Crippen LogP contribution in [0.2, 0.25) is 10.0 Å². The molecule has 2 N–H and O–H groups in total. The molecule has 0 aliphatic heterocycles. The van der Waals surface area contributed by atoms with Crippen molar-refractivity contribution in [3.8, 4) is 11.3 Å². The highest BCUT2D eigenvalue weighted by molar-refractivity contribution is 7.80. The lowest BCUT2D eigenvalue weighted by Crippen LogP contribution is -2.33. The number of thiocarbonyl (C=S) groups is 1. The van der Waals surface area contributed by atoms with Crippen LogP contribution in [0.5, 0.6) is 0 Å². The molecule has 0 spiro atoms. The lowest BCUT2D eigenvalue weighted by Gasteiger charge is -2.05. The molecule has 0 aliphatic carbocycles. The van der Waals surface area contributed by atoms with E-state index in [0.29, 0.717) is 20.9 Å². The van der Waals surface area contributed by atoms with Crippen molar-refractivity contribution in [1.82, 2.24) is 10.3 Å². The molecule has 1 amide bonds. The van der Waals surface area contributed by atoms with Gasteiger partial charge in [0.25, 0.3) is 5.91 Å². The Kier molecular flexibility index (Phi) is 5.56. The summed E-state index contributed by atoms with van der Waals surface area (Å²) in [6.45, 7) is 1.92. The lowest BCUT2D eigenvalue weighted by atomic mass is 10.1. The summed E-state index contributed by atoms with van der Waals surface area (Å²) < 4.78 is 6.57. The van der Waals surface area contributed by atoms with Crippen molar-refractivity contribution >= 4 is 73.1 Å². The lowest BCUT2D eigenvalue weighted by molar-refractivity contribution is 0.0951. The molecule has 0 radical (unpaired) electrons. The van der Waals surface area contributed by atoms with E-state index in [2.05, 4.69) is 15.6 Å². The minimum atomic E-state index is -0.462. The monoisotopic (exact) mass is 461 g/mol. The maximum absolute atomic E-state index is 12.4. The number of furan rings is 1. The summed E-state index contributed by atoms with van der Waals surface area (Å²) in [5.41, 5.74) is 2.55. The minimum Gasteiger partial charge on any atom is -0.451 e. The molecule has 0 atom stereocenters. The molecule has 146 valence electrons. The van der Waals surface area contributed by atoms with Crippen molar-refractivity contribution in [3.05, 3.63) is 69.9 Å². The molecule has 9 heteroatoms. The Hall–Kier alpha value is -2.45. The molecule has 0 aliphatic rings. The number of anilines is 1. The number of aromatic nitrogens is 1. The van der Waals surface area contributed by atoms with E-state index in [1.165, 1.54) is 11.3 Å². The second kappa shape index (κ2) is 8.12. The minimum absolute atomic E-state index is 0.122. The number of aryl methyl sites for hydroxylation is 1. The average Bonchev–Trinajstić information content (AvgIpc) is 3.30. The van der Waals surface area contributed by atoms with E-state index in [9.17, 15) is 4.79 Å². The van der Waals surface area contributed by atoms with E-state index in [0.717, 1.165) is 21.3 Å².